The number of rotatable bonds is 5. The number of aromatic nitrogens is 2. The highest BCUT2D eigenvalue weighted by atomic mass is 19.1. The number of hydrogen-bond donors (Lipinski definition) is 1. The first-order valence-electron chi connectivity index (χ1n) is 12.3. The number of likely N-dealkylation sites (tertiary alicyclic amines) is 1. The number of benzene rings is 2. The van der Waals surface area contributed by atoms with Crippen molar-refractivity contribution in [2.75, 3.05) is 19.6 Å². The van der Waals surface area contributed by atoms with Crippen LogP contribution in [0.3, 0.4) is 0 Å². The van der Waals surface area contributed by atoms with E-state index in [1.165, 1.54) is 21.6 Å². The van der Waals surface area contributed by atoms with E-state index in [-0.39, 0.29) is 31.1 Å². The van der Waals surface area contributed by atoms with Crippen LogP contribution in [0.4, 0.5) is 4.39 Å². The predicted octanol–water partition coefficient (Wildman–Crippen LogP) is 2.74. The molecule has 36 heavy (non-hydrogen) atoms. The molecule has 1 fully saturated rings. The second kappa shape index (κ2) is 10.1. The van der Waals surface area contributed by atoms with Crippen LogP contribution in [0.15, 0.2) is 64.2 Å². The number of nitrogens with zero attached hydrogens (tertiary/aromatic N) is 4. The molecule has 2 aromatic carbocycles. The van der Waals surface area contributed by atoms with Crippen LogP contribution in [0.2, 0.25) is 0 Å². The van der Waals surface area contributed by atoms with Crippen LogP contribution in [0.1, 0.15) is 46.9 Å². The van der Waals surface area contributed by atoms with E-state index in [0.717, 1.165) is 29.5 Å². The first-order chi connectivity index (χ1) is 17.4. The van der Waals surface area contributed by atoms with Crippen LogP contribution >= 0.6 is 0 Å². The van der Waals surface area contributed by atoms with Crippen molar-refractivity contribution < 1.29 is 14.3 Å². The van der Waals surface area contributed by atoms with Crippen molar-refractivity contribution >= 4 is 5.91 Å². The fraction of sp³-hybridized carbons (Fsp3) is 0.370. The van der Waals surface area contributed by atoms with Gasteiger partial charge in [-0.3, -0.25) is 23.6 Å². The summed E-state index contributed by atoms with van der Waals surface area (Å²) < 4.78 is 15.6. The minimum absolute atomic E-state index is 0.162. The van der Waals surface area contributed by atoms with Gasteiger partial charge in [0.2, 0.25) is 5.75 Å². The molecule has 2 aliphatic rings. The molecule has 5 rings (SSSR count). The number of fused-ring (bicyclic) bond motifs is 1. The molecule has 188 valence electrons. The van der Waals surface area contributed by atoms with E-state index in [9.17, 15) is 23.9 Å². The Hall–Kier alpha value is -3.72. The average molecular weight is 493 g/mol. The fourth-order valence-electron chi connectivity index (χ4n) is 5.23. The van der Waals surface area contributed by atoms with E-state index in [2.05, 4.69) is 17.0 Å². The van der Waals surface area contributed by atoms with E-state index in [1.54, 1.807) is 12.1 Å². The summed E-state index contributed by atoms with van der Waals surface area (Å²) in [5.74, 6) is -1.65. The molecule has 1 unspecified atom stereocenters. The highest BCUT2D eigenvalue weighted by Gasteiger charge is 2.34. The van der Waals surface area contributed by atoms with Gasteiger partial charge in [-0.1, -0.05) is 48.9 Å². The number of halogens is 1. The molecule has 1 atom stereocenters. The molecule has 1 N–H and O–H groups in total. The molecule has 8 nitrogen and oxygen atoms in total. The Morgan fingerprint density at radius 3 is 2.33 bits per heavy atom. The van der Waals surface area contributed by atoms with Crippen molar-refractivity contribution in [2.45, 2.75) is 44.9 Å². The summed E-state index contributed by atoms with van der Waals surface area (Å²) in [6, 6.07) is 15.4. The van der Waals surface area contributed by atoms with Crippen molar-refractivity contribution in [2.24, 2.45) is 0 Å². The van der Waals surface area contributed by atoms with Crippen LogP contribution in [0.5, 0.6) is 5.75 Å². The average Bonchev–Trinajstić information content (AvgIpc) is 3.11. The Bertz CT molecular complexity index is 1370. The van der Waals surface area contributed by atoms with Crippen molar-refractivity contribution in [3.05, 3.63) is 98.1 Å². The lowest BCUT2D eigenvalue weighted by Crippen LogP contribution is -2.51. The largest absolute Gasteiger partial charge is 0.501 e. The van der Waals surface area contributed by atoms with Gasteiger partial charge in [0.05, 0.1) is 6.04 Å². The van der Waals surface area contributed by atoms with E-state index in [4.69, 9.17) is 0 Å². The molecule has 2 aliphatic heterocycles. The van der Waals surface area contributed by atoms with Crippen LogP contribution in [-0.4, -0.2) is 49.6 Å². The zero-order valence-corrected chi connectivity index (χ0v) is 20.0. The molecular weight excluding hydrogens is 463 g/mol. The summed E-state index contributed by atoms with van der Waals surface area (Å²) in [6.45, 7) is 2.66. The van der Waals surface area contributed by atoms with E-state index >= 15 is 0 Å². The number of carbonyl (C=O) groups is 1. The van der Waals surface area contributed by atoms with Gasteiger partial charge >= 0.3 is 5.69 Å². The number of amides is 1. The fourth-order valence-corrected chi connectivity index (χ4v) is 5.23. The third-order valence-corrected chi connectivity index (χ3v) is 7.07. The Kier molecular flexibility index (Phi) is 6.73. The van der Waals surface area contributed by atoms with Crippen LogP contribution in [0.25, 0.3) is 0 Å². The normalized spacial score (nSPS) is 18.6. The molecule has 0 spiro atoms. The summed E-state index contributed by atoms with van der Waals surface area (Å²) in [5.41, 5.74) is 0.209. The van der Waals surface area contributed by atoms with Crippen molar-refractivity contribution in [1.82, 2.24) is 18.9 Å². The van der Waals surface area contributed by atoms with E-state index < -0.39 is 28.9 Å². The molecule has 0 bridgehead atoms. The zero-order chi connectivity index (χ0) is 25.2. The summed E-state index contributed by atoms with van der Waals surface area (Å²) in [5, 5.41) is 10.8. The smallest absolute Gasteiger partial charge is 0.332 e. The maximum Gasteiger partial charge on any atom is 0.332 e. The summed E-state index contributed by atoms with van der Waals surface area (Å²) in [4.78, 5) is 43.6. The van der Waals surface area contributed by atoms with Gasteiger partial charge in [-0.2, -0.15) is 0 Å². The maximum absolute atomic E-state index is 13.5. The van der Waals surface area contributed by atoms with Crippen molar-refractivity contribution in [1.29, 1.82) is 0 Å². The number of carbonyl (C=O) groups excluding carboxylic acids is 1. The van der Waals surface area contributed by atoms with Crippen LogP contribution < -0.4 is 11.2 Å². The summed E-state index contributed by atoms with van der Waals surface area (Å²) >= 11 is 0. The second-order valence-electron chi connectivity index (χ2n) is 9.53. The molecule has 0 saturated carbocycles. The second-order valence-corrected chi connectivity index (χ2v) is 9.53. The van der Waals surface area contributed by atoms with Crippen molar-refractivity contribution in [3.8, 4) is 5.75 Å². The summed E-state index contributed by atoms with van der Waals surface area (Å²) in [7, 11) is 0. The van der Waals surface area contributed by atoms with Gasteiger partial charge in [-0.25, -0.2) is 9.18 Å². The minimum atomic E-state index is -0.824. The highest BCUT2D eigenvalue weighted by Crippen LogP contribution is 2.24. The monoisotopic (exact) mass is 492 g/mol. The quantitative estimate of drug-likeness (QED) is 0.592. The Balaban J connectivity index is 1.43. The topological polar surface area (TPSA) is 87.8 Å². The van der Waals surface area contributed by atoms with Crippen molar-refractivity contribution in [3.63, 3.8) is 0 Å². The van der Waals surface area contributed by atoms with Gasteiger partial charge in [-0.05, 0) is 42.6 Å². The Labute approximate surface area is 207 Å². The zero-order valence-electron chi connectivity index (χ0n) is 20.0. The van der Waals surface area contributed by atoms with E-state index in [0.29, 0.717) is 25.1 Å². The highest BCUT2D eigenvalue weighted by molar-refractivity contribution is 5.95. The van der Waals surface area contributed by atoms with Crippen LogP contribution in [0, 0.1) is 5.82 Å². The maximum atomic E-state index is 13.5. The molecule has 0 radical (unpaired) electrons. The van der Waals surface area contributed by atoms with Gasteiger partial charge < -0.3 is 10.0 Å². The molecule has 3 heterocycles. The molecule has 9 heteroatoms. The third-order valence-electron chi connectivity index (χ3n) is 7.07. The lowest BCUT2D eigenvalue weighted by atomic mass is 10.1. The van der Waals surface area contributed by atoms with Gasteiger partial charge in [0.25, 0.3) is 11.5 Å². The lowest BCUT2D eigenvalue weighted by molar-refractivity contribution is 0.0676. The molecule has 1 amide bonds. The predicted molar refractivity (Wildman–Crippen MR) is 132 cm³/mol. The molecule has 3 aromatic rings. The summed E-state index contributed by atoms with van der Waals surface area (Å²) in [6.07, 6.45) is 2.45. The molecular formula is C27H29FN4O4. The SMILES string of the molecule is O=C1c2c(O)c(=O)n(C3CCCCN(Cc4ccccc4)C3)c(=O)n2CCN1Cc1ccc(F)cc1. The Morgan fingerprint density at radius 2 is 1.58 bits per heavy atom. The lowest BCUT2D eigenvalue weighted by Gasteiger charge is -2.31. The standard InChI is InChI=1S/C27H29FN4O4/c28-21-11-9-20(10-12-21)17-30-14-15-31-23(25(30)34)24(33)26(35)32(27(31)36)22-8-4-5-13-29(18-22)16-19-6-2-1-3-7-19/h1-3,6-7,9-12,22,33H,4-5,8,13-18H2. The van der Waals surface area contributed by atoms with Gasteiger partial charge in [0.1, 0.15) is 5.82 Å². The molecule has 1 aromatic heterocycles. The Morgan fingerprint density at radius 1 is 0.861 bits per heavy atom. The van der Waals surface area contributed by atoms with Crippen LogP contribution in [-0.2, 0) is 19.6 Å². The number of hydrogen-bond acceptors (Lipinski definition) is 5. The minimum Gasteiger partial charge on any atom is -0.501 e. The first kappa shape index (κ1) is 24.0. The number of aromatic hydroxyl groups is 1. The van der Waals surface area contributed by atoms with Gasteiger partial charge in [0, 0.05) is 32.7 Å². The third kappa shape index (κ3) is 4.70. The molecule has 1 saturated heterocycles. The van der Waals surface area contributed by atoms with Gasteiger partial charge in [-0.15, -0.1) is 0 Å². The van der Waals surface area contributed by atoms with E-state index in [1.807, 2.05) is 18.2 Å². The van der Waals surface area contributed by atoms with Gasteiger partial charge in [0.15, 0.2) is 5.69 Å². The molecule has 0 aliphatic carbocycles. The first-order valence-corrected chi connectivity index (χ1v) is 12.3.